The van der Waals surface area contributed by atoms with Gasteiger partial charge in [0.1, 0.15) is 0 Å². The van der Waals surface area contributed by atoms with Crippen LogP contribution in [0.4, 0.5) is 0 Å². The third-order valence-corrected chi connectivity index (χ3v) is 5.17. The molecular formula is C20H26N2O4S. The minimum Gasteiger partial charge on any atom is -0.493 e. The third kappa shape index (κ3) is 5.95. The van der Waals surface area contributed by atoms with Crippen molar-refractivity contribution < 1.29 is 19.0 Å². The molecule has 1 amide bonds. The molecule has 1 aliphatic heterocycles. The number of hydrogen-bond acceptors (Lipinski definition) is 6. The number of thiophene rings is 1. The van der Waals surface area contributed by atoms with E-state index in [-0.39, 0.29) is 12.5 Å². The van der Waals surface area contributed by atoms with Crippen LogP contribution >= 0.6 is 11.3 Å². The second-order valence-electron chi connectivity index (χ2n) is 6.33. The van der Waals surface area contributed by atoms with Crippen molar-refractivity contribution in [3.63, 3.8) is 0 Å². The molecule has 146 valence electrons. The summed E-state index contributed by atoms with van der Waals surface area (Å²) in [5.74, 6) is 1.20. The second-order valence-corrected chi connectivity index (χ2v) is 7.11. The van der Waals surface area contributed by atoms with E-state index in [1.807, 2.05) is 18.2 Å². The Bertz CT molecular complexity index is 715. The van der Waals surface area contributed by atoms with Crippen molar-refractivity contribution in [2.24, 2.45) is 0 Å². The first kappa shape index (κ1) is 19.7. The number of benzene rings is 1. The molecule has 1 aromatic carbocycles. The number of hydrogen-bond donors (Lipinski definition) is 1. The summed E-state index contributed by atoms with van der Waals surface area (Å²) < 4.78 is 16.4. The summed E-state index contributed by atoms with van der Waals surface area (Å²) in [6.07, 6.45) is 1.02. The van der Waals surface area contributed by atoms with Crippen molar-refractivity contribution in [1.29, 1.82) is 0 Å². The molecule has 0 bridgehead atoms. The molecule has 1 aliphatic rings. The SMILES string of the molecule is COc1cc(CNCCc2ccsc2)ccc1OCC(=O)N1CCOCC1. The molecule has 0 spiro atoms. The number of carbonyl (C=O) groups is 1. The Hall–Kier alpha value is -2.09. The van der Waals surface area contributed by atoms with Crippen molar-refractivity contribution in [3.05, 3.63) is 46.2 Å². The van der Waals surface area contributed by atoms with Gasteiger partial charge in [0.25, 0.3) is 5.91 Å². The van der Waals surface area contributed by atoms with E-state index in [0.29, 0.717) is 37.8 Å². The van der Waals surface area contributed by atoms with Crippen molar-refractivity contribution in [2.75, 3.05) is 46.6 Å². The maximum Gasteiger partial charge on any atom is 0.260 e. The Morgan fingerprint density at radius 3 is 2.81 bits per heavy atom. The van der Waals surface area contributed by atoms with Gasteiger partial charge < -0.3 is 24.4 Å². The predicted molar refractivity (Wildman–Crippen MR) is 106 cm³/mol. The molecule has 3 rings (SSSR count). The zero-order chi connectivity index (χ0) is 18.9. The van der Waals surface area contributed by atoms with Gasteiger partial charge in [-0.1, -0.05) is 6.07 Å². The Morgan fingerprint density at radius 1 is 1.22 bits per heavy atom. The monoisotopic (exact) mass is 390 g/mol. The molecule has 1 saturated heterocycles. The molecule has 2 heterocycles. The van der Waals surface area contributed by atoms with Gasteiger partial charge in [-0.25, -0.2) is 0 Å². The first-order chi connectivity index (χ1) is 13.3. The van der Waals surface area contributed by atoms with Crippen molar-refractivity contribution in [3.8, 4) is 11.5 Å². The van der Waals surface area contributed by atoms with Crippen LogP contribution in [0.15, 0.2) is 35.0 Å². The van der Waals surface area contributed by atoms with Crippen LogP contribution < -0.4 is 14.8 Å². The van der Waals surface area contributed by atoms with E-state index < -0.39 is 0 Å². The summed E-state index contributed by atoms with van der Waals surface area (Å²) in [4.78, 5) is 14.0. The lowest BCUT2D eigenvalue weighted by Gasteiger charge is -2.26. The molecule has 7 heteroatoms. The van der Waals surface area contributed by atoms with E-state index >= 15 is 0 Å². The summed E-state index contributed by atoms with van der Waals surface area (Å²) in [5.41, 5.74) is 2.47. The first-order valence-electron chi connectivity index (χ1n) is 9.13. The number of methoxy groups -OCH3 is 1. The van der Waals surface area contributed by atoms with Crippen LogP contribution in [0.2, 0.25) is 0 Å². The summed E-state index contributed by atoms with van der Waals surface area (Å²) in [7, 11) is 1.61. The number of carbonyl (C=O) groups excluding carboxylic acids is 1. The van der Waals surface area contributed by atoms with Crippen LogP contribution in [0.25, 0.3) is 0 Å². The van der Waals surface area contributed by atoms with Crippen molar-refractivity contribution >= 4 is 17.2 Å². The topological polar surface area (TPSA) is 60.0 Å². The number of rotatable bonds is 9. The fourth-order valence-electron chi connectivity index (χ4n) is 2.89. The summed E-state index contributed by atoms with van der Waals surface area (Å²) in [6, 6.07) is 7.96. The highest BCUT2D eigenvalue weighted by Gasteiger charge is 2.18. The van der Waals surface area contributed by atoms with Gasteiger partial charge in [0.05, 0.1) is 20.3 Å². The Labute approximate surface area is 164 Å². The van der Waals surface area contributed by atoms with Crippen LogP contribution in [0.3, 0.4) is 0 Å². The maximum absolute atomic E-state index is 12.2. The number of nitrogens with zero attached hydrogens (tertiary/aromatic N) is 1. The normalized spacial score (nSPS) is 14.2. The van der Waals surface area contributed by atoms with Crippen LogP contribution in [0, 0.1) is 0 Å². The van der Waals surface area contributed by atoms with E-state index in [2.05, 4.69) is 22.1 Å². The molecule has 6 nitrogen and oxygen atoms in total. The van der Waals surface area contributed by atoms with Crippen molar-refractivity contribution in [2.45, 2.75) is 13.0 Å². The lowest BCUT2D eigenvalue weighted by Crippen LogP contribution is -2.43. The number of ether oxygens (including phenoxy) is 3. The average Bonchev–Trinajstić information content (AvgIpc) is 3.24. The van der Waals surface area contributed by atoms with Gasteiger partial charge in [-0.3, -0.25) is 4.79 Å². The van der Waals surface area contributed by atoms with E-state index in [1.165, 1.54) is 5.56 Å². The van der Waals surface area contributed by atoms with Gasteiger partial charge in [0.15, 0.2) is 18.1 Å². The van der Waals surface area contributed by atoms with Gasteiger partial charge in [0.2, 0.25) is 0 Å². The average molecular weight is 391 g/mol. The van der Waals surface area contributed by atoms with Crippen LogP contribution in [-0.4, -0.2) is 57.4 Å². The van der Waals surface area contributed by atoms with Gasteiger partial charge in [-0.2, -0.15) is 11.3 Å². The van der Waals surface area contributed by atoms with Crippen LogP contribution in [-0.2, 0) is 22.5 Å². The number of nitrogens with one attached hydrogen (secondary N) is 1. The Kier molecular flexibility index (Phi) is 7.50. The fourth-order valence-corrected chi connectivity index (χ4v) is 3.59. The van der Waals surface area contributed by atoms with Gasteiger partial charge >= 0.3 is 0 Å². The molecule has 2 aromatic rings. The molecule has 1 aromatic heterocycles. The quantitative estimate of drug-likeness (QED) is 0.666. The molecule has 0 saturated carbocycles. The van der Waals surface area contributed by atoms with E-state index in [4.69, 9.17) is 14.2 Å². The molecule has 1 N–H and O–H groups in total. The zero-order valence-electron chi connectivity index (χ0n) is 15.6. The summed E-state index contributed by atoms with van der Waals surface area (Å²) >= 11 is 1.72. The highest BCUT2D eigenvalue weighted by molar-refractivity contribution is 7.07. The molecule has 0 unspecified atom stereocenters. The highest BCUT2D eigenvalue weighted by Crippen LogP contribution is 2.28. The Balaban J connectivity index is 1.47. The van der Waals surface area contributed by atoms with Crippen LogP contribution in [0.1, 0.15) is 11.1 Å². The summed E-state index contributed by atoms with van der Waals surface area (Å²) in [6.45, 7) is 4.10. The number of amides is 1. The van der Waals surface area contributed by atoms with E-state index in [9.17, 15) is 4.79 Å². The predicted octanol–water partition coefficient (Wildman–Crippen LogP) is 2.33. The smallest absolute Gasteiger partial charge is 0.260 e. The molecule has 0 aliphatic carbocycles. The highest BCUT2D eigenvalue weighted by atomic mass is 32.1. The van der Waals surface area contributed by atoms with E-state index in [0.717, 1.165) is 25.1 Å². The van der Waals surface area contributed by atoms with Crippen LogP contribution in [0.5, 0.6) is 11.5 Å². The van der Waals surface area contributed by atoms with Gasteiger partial charge in [0, 0.05) is 19.6 Å². The maximum atomic E-state index is 12.2. The first-order valence-corrected chi connectivity index (χ1v) is 10.1. The lowest BCUT2D eigenvalue weighted by atomic mass is 10.2. The zero-order valence-corrected chi connectivity index (χ0v) is 16.4. The standard InChI is InChI=1S/C20H26N2O4S/c1-24-19-12-17(13-21-6-4-16-5-11-27-15-16)2-3-18(19)26-14-20(23)22-7-9-25-10-8-22/h2-3,5,11-12,15,21H,4,6-10,13-14H2,1H3. The van der Waals surface area contributed by atoms with E-state index in [1.54, 1.807) is 23.3 Å². The minimum atomic E-state index is -0.0282. The van der Waals surface area contributed by atoms with Gasteiger partial charge in [-0.05, 0) is 53.1 Å². The molecule has 1 fully saturated rings. The minimum absolute atomic E-state index is 0.00853. The third-order valence-electron chi connectivity index (χ3n) is 4.44. The lowest BCUT2D eigenvalue weighted by molar-refractivity contribution is -0.137. The Morgan fingerprint density at radius 2 is 2.07 bits per heavy atom. The largest absolute Gasteiger partial charge is 0.493 e. The molecule has 0 atom stereocenters. The number of morpholine rings is 1. The summed E-state index contributed by atoms with van der Waals surface area (Å²) in [5, 5.41) is 7.72. The fraction of sp³-hybridized carbons (Fsp3) is 0.450. The molecule has 0 radical (unpaired) electrons. The van der Waals surface area contributed by atoms with Gasteiger partial charge in [-0.15, -0.1) is 0 Å². The molecule has 27 heavy (non-hydrogen) atoms. The van der Waals surface area contributed by atoms with Crippen molar-refractivity contribution in [1.82, 2.24) is 10.2 Å². The molecular weight excluding hydrogens is 364 g/mol. The second kappa shape index (κ2) is 10.3.